The van der Waals surface area contributed by atoms with Crippen molar-refractivity contribution in [1.82, 2.24) is 4.90 Å². The molecule has 1 aromatic rings. The Kier molecular flexibility index (Phi) is 3.49. The maximum atomic E-state index is 10.9. The van der Waals surface area contributed by atoms with E-state index in [1.807, 2.05) is 6.92 Å². The van der Waals surface area contributed by atoms with Crippen molar-refractivity contribution in [1.29, 1.82) is 0 Å². The molecule has 5 nitrogen and oxygen atoms in total. The van der Waals surface area contributed by atoms with Crippen LogP contribution in [-0.4, -0.2) is 41.8 Å². The smallest absolute Gasteiger partial charge is 0.339 e. The van der Waals surface area contributed by atoms with E-state index < -0.39 is 5.97 Å². The van der Waals surface area contributed by atoms with E-state index in [2.05, 4.69) is 4.90 Å². The summed E-state index contributed by atoms with van der Waals surface area (Å²) in [5.41, 5.74) is 0.251. The Morgan fingerprint density at radius 1 is 1.65 bits per heavy atom. The third kappa shape index (κ3) is 2.87. The molecule has 0 amide bonds. The number of rotatable bonds is 3. The zero-order chi connectivity index (χ0) is 12.4. The van der Waals surface area contributed by atoms with Crippen molar-refractivity contribution < 1.29 is 19.1 Å². The number of carboxylic acid groups (broad SMARTS) is 1. The van der Waals surface area contributed by atoms with Gasteiger partial charge < -0.3 is 14.3 Å². The second-order valence-corrected chi connectivity index (χ2v) is 4.40. The van der Waals surface area contributed by atoms with Gasteiger partial charge in [-0.25, -0.2) is 4.79 Å². The van der Waals surface area contributed by atoms with Gasteiger partial charge in [-0.1, -0.05) is 0 Å². The summed E-state index contributed by atoms with van der Waals surface area (Å²) in [5.74, 6) is 0.232. The highest BCUT2D eigenvalue weighted by atomic mass is 16.5. The number of morpholine rings is 1. The van der Waals surface area contributed by atoms with Crippen molar-refractivity contribution in [2.45, 2.75) is 26.5 Å². The Bertz CT molecular complexity index is 413. The molecule has 1 aliphatic rings. The predicted octanol–water partition coefficient (Wildman–Crippen LogP) is 1.51. The molecule has 0 spiro atoms. The number of hydrogen-bond acceptors (Lipinski definition) is 4. The number of aryl methyl sites for hydroxylation is 1. The zero-order valence-electron chi connectivity index (χ0n) is 10.1. The first-order valence-electron chi connectivity index (χ1n) is 5.73. The summed E-state index contributed by atoms with van der Waals surface area (Å²) in [5, 5.41) is 8.93. The van der Waals surface area contributed by atoms with Crippen LogP contribution in [0.4, 0.5) is 0 Å². The first kappa shape index (κ1) is 12.1. The van der Waals surface area contributed by atoms with Crippen LogP contribution in [0.2, 0.25) is 0 Å². The van der Waals surface area contributed by atoms with Crippen LogP contribution in [0.5, 0.6) is 0 Å². The van der Waals surface area contributed by atoms with E-state index in [0.717, 1.165) is 13.1 Å². The molecule has 0 aromatic carbocycles. The average Bonchev–Trinajstić information content (AvgIpc) is 2.59. The van der Waals surface area contributed by atoms with Crippen LogP contribution in [0, 0.1) is 6.92 Å². The van der Waals surface area contributed by atoms with E-state index in [1.54, 1.807) is 13.0 Å². The molecule has 1 unspecified atom stereocenters. The van der Waals surface area contributed by atoms with Crippen molar-refractivity contribution in [3.8, 4) is 0 Å². The third-order valence-electron chi connectivity index (χ3n) is 2.90. The number of aromatic carboxylic acids is 1. The molecular weight excluding hydrogens is 222 g/mol. The lowest BCUT2D eigenvalue weighted by atomic mass is 10.2. The minimum absolute atomic E-state index is 0.221. The fourth-order valence-corrected chi connectivity index (χ4v) is 2.09. The summed E-state index contributed by atoms with van der Waals surface area (Å²) < 4.78 is 10.9. The summed E-state index contributed by atoms with van der Waals surface area (Å²) in [4.78, 5) is 13.1. The molecule has 2 heterocycles. The highest BCUT2D eigenvalue weighted by Gasteiger charge is 2.20. The first-order chi connectivity index (χ1) is 8.06. The minimum atomic E-state index is -0.937. The van der Waals surface area contributed by atoms with E-state index in [4.69, 9.17) is 14.3 Å². The molecule has 1 aromatic heterocycles. The van der Waals surface area contributed by atoms with Gasteiger partial charge in [-0.05, 0) is 19.9 Å². The van der Waals surface area contributed by atoms with Gasteiger partial charge in [0, 0.05) is 13.1 Å². The molecule has 0 saturated carbocycles. The van der Waals surface area contributed by atoms with E-state index in [9.17, 15) is 4.79 Å². The standard InChI is InChI=1S/C12H17NO4/c1-8-6-13(3-4-16-8)7-10-5-11(12(14)15)9(2)17-10/h5,8H,3-4,6-7H2,1-2H3,(H,14,15). The number of hydrogen-bond donors (Lipinski definition) is 1. The topological polar surface area (TPSA) is 62.9 Å². The Labute approximate surface area is 100.0 Å². The largest absolute Gasteiger partial charge is 0.478 e. The number of furan rings is 1. The molecule has 5 heteroatoms. The Hall–Kier alpha value is -1.33. The van der Waals surface area contributed by atoms with Gasteiger partial charge in [0.25, 0.3) is 0 Å². The van der Waals surface area contributed by atoms with Gasteiger partial charge in [0.2, 0.25) is 0 Å². The molecular formula is C12H17NO4. The molecule has 17 heavy (non-hydrogen) atoms. The van der Waals surface area contributed by atoms with Crippen LogP contribution in [-0.2, 0) is 11.3 Å². The molecule has 0 bridgehead atoms. The van der Waals surface area contributed by atoms with Crippen LogP contribution in [0.3, 0.4) is 0 Å². The summed E-state index contributed by atoms with van der Waals surface area (Å²) in [6.45, 7) is 6.76. The molecule has 94 valence electrons. The van der Waals surface area contributed by atoms with Crippen LogP contribution < -0.4 is 0 Å². The molecule has 1 aliphatic heterocycles. The highest BCUT2D eigenvalue weighted by molar-refractivity contribution is 5.88. The Morgan fingerprint density at radius 2 is 2.41 bits per heavy atom. The molecule has 0 aliphatic carbocycles. The van der Waals surface area contributed by atoms with Gasteiger partial charge in [-0.15, -0.1) is 0 Å². The van der Waals surface area contributed by atoms with Crippen molar-refractivity contribution in [3.63, 3.8) is 0 Å². The Balaban J connectivity index is 2.03. The summed E-state index contributed by atoms with van der Waals surface area (Å²) in [6, 6.07) is 1.61. The minimum Gasteiger partial charge on any atom is -0.478 e. The average molecular weight is 239 g/mol. The lowest BCUT2D eigenvalue weighted by Crippen LogP contribution is -2.40. The van der Waals surface area contributed by atoms with Crippen molar-refractivity contribution >= 4 is 5.97 Å². The lowest BCUT2D eigenvalue weighted by Gasteiger charge is -2.30. The Morgan fingerprint density at radius 3 is 3.00 bits per heavy atom. The van der Waals surface area contributed by atoms with Crippen molar-refractivity contribution in [2.24, 2.45) is 0 Å². The van der Waals surface area contributed by atoms with E-state index in [0.29, 0.717) is 24.7 Å². The molecule has 1 atom stereocenters. The van der Waals surface area contributed by atoms with Crippen molar-refractivity contribution in [2.75, 3.05) is 19.7 Å². The first-order valence-corrected chi connectivity index (χ1v) is 5.73. The second-order valence-electron chi connectivity index (χ2n) is 4.40. The van der Waals surface area contributed by atoms with E-state index >= 15 is 0 Å². The predicted molar refractivity (Wildman–Crippen MR) is 61.1 cm³/mol. The summed E-state index contributed by atoms with van der Waals surface area (Å²) >= 11 is 0. The SMILES string of the molecule is Cc1oc(CN2CCOC(C)C2)cc1C(=O)O. The maximum absolute atomic E-state index is 10.9. The fourth-order valence-electron chi connectivity index (χ4n) is 2.09. The molecule has 1 N–H and O–H groups in total. The number of nitrogens with zero attached hydrogens (tertiary/aromatic N) is 1. The van der Waals surface area contributed by atoms with E-state index in [1.165, 1.54) is 0 Å². The van der Waals surface area contributed by atoms with Crippen LogP contribution in [0.15, 0.2) is 10.5 Å². The van der Waals surface area contributed by atoms with E-state index in [-0.39, 0.29) is 11.7 Å². The van der Waals surface area contributed by atoms with Gasteiger partial charge >= 0.3 is 5.97 Å². The van der Waals surface area contributed by atoms with Crippen LogP contribution >= 0.6 is 0 Å². The fraction of sp³-hybridized carbons (Fsp3) is 0.583. The molecule has 1 fully saturated rings. The van der Waals surface area contributed by atoms with Gasteiger partial charge in [0.15, 0.2) is 0 Å². The second kappa shape index (κ2) is 4.89. The number of carbonyl (C=O) groups is 1. The summed E-state index contributed by atoms with van der Waals surface area (Å²) in [6.07, 6.45) is 0.221. The number of ether oxygens (including phenoxy) is 1. The highest BCUT2D eigenvalue weighted by Crippen LogP contribution is 2.17. The van der Waals surface area contributed by atoms with Crippen molar-refractivity contribution in [3.05, 3.63) is 23.2 Å². The van der Waals surface area contributed by atoms with Gasteiger partial charge in [-0.2, -0.15) is 0 Å². The molecule has 1 saturated heterocycles. The van der Waals surface area contributed by atoms with Gasteiger partial charge in [-0.3, -0.25) is 4.90 Å². The molecule has 2 rings (SSSR count). The van der Waals surface area contributed by atoms with Crippen LogP contribution in [0.25, 0.3) is 0 Å². The molecule has 0 radical (unpaired) electrons. The zero-order valence-corrected chi connectivity index (χ0v) is 10.1. The quantitative estimate of drug-likeness (QED) is 0.866. The van der Waals surface area contributed by atoms with Gasteiger partial charge in [0.05, 0.1) is 19.3 Å². The van der Waals surface area contributed by atoms with Gasteiger partial charge in [0.1, 0.15) is 17.1 Å². The summed E-state index contributed by atoms with van der Waals surface area (Å²) in [7, 11) is 0. The number of carboxylic acids is 1. The monoisotopic (exact) mass is 239 g/mol. The lowest BCUT2D eigenvalue weighted by molar-refractivity contribution is -0.0231. The van der Waals surface area contributed by atoms with Crippen LogP contribution in [0.1, 0.15) is 28.8 Å². The third-order valence-corrected chi connectivity index (χ3v) is 2.90. The maximum Gasteiger partial charge on any atom is 0.339 e. The normalized spacial score (nSPS) is 21.6.